The number of amides is 2. The largest absolute Gasteiger partial charge is 0.349 e. The summed E-state index contributed by atoms with van der Waals surface area (Å²) < 4.78 is 0. The van der Waals surface area contributed by atoms with Crippen LogP contribution in [0, 0.1) is 0 Å². The molecule has 3 rings (SSSR count). The Balaban J connectivity index is 1.60. The van der Waals surface area contributed by atoms with Crippen LogP contribution in [0.1, 0.15) is 84.9 Å². The Bertz CT molecular complexity index is 574. The number of rotatable bonds is 4. The van der Waals surface area contributed by atoms with Crippen molar-refractivity contribution in [1.82, 2.24) is 15.6 Å². The zero-order valence-corrected chi connectivity index (χ0v) is 14.2. The Morgan fingerprint density at radius 2 is 1.17 bits per heavy atom. The topological polar surface area (TPSA) is 71.1 Å². The molecule has 0 aliphatic heterocycles. The van der Waals surface area contributed by atoms with E-state index in [1.807, 2.05) is 0 Å². The highest BCUT2D eigenvalue weighted by atomic mass is 16.2. The first-order valence-electron chi connectivity index (χ1n) is 9.29. The molecule has 2 amide bonds. The highest BCUT2D eigenvalue weighted by Crippen LogP contribution is 2.19. The number of hydrogen-bond donors (Lipinski definition) is 2. The second-order valence-corrected chi connectivity index (χ2v) is 7.08. The smallest absolute Gasteiger partial charge is 0.253 e. The maximum absolute atomic E-state index is 12.5. The second-order valence-electron chi connectivity index (χ2n) is 7.08. The van der Waals surface area contributed by atoms with E-state index in [4.69, 9.17) is 0 Å². The van der Waals surface area contributed by atoms with E-state index in [1.165, 1.54) is 44.7 Å². The summed E-state index contributed by atoms with van der Waals surface area (Å²) >= 11 is 0. The van der Waals surface area contributed by atoms with Gasteiger partial charge in [-0.25, -0.2) is 0 Å². The van der Waals surface area contributed by atoms with Crippen LogP contribution < -0.4 is 10.6 Å². The number of nitrogens with one attached hydrogen (secondary N) is 2. The maximum atomic E-state index is 12.5. The summed E-state index contributed by atoms with van der Waals surface area (Å²) in [5, 5.41) is 6.14. The quantitative estimate of drug-likeness (QED) is 0.833. The van der Waals surface area contributed by atoms with Crippen LogP contribution in [0.25, 0.3) is 0 Å². The molecule has 1 heterocycles. The van der Waals surface area contributed by atoms with Crippen LogP contribution in [-0.2, 0) is 0 Å². The van der Waals surface area contributed by atoms with Crippen LogP contribution in [-0.4, -0.2) is 28.9 Å². The molecule has 0 spiro atoms. The van der Waals surface area contributed by atoms with Crippen LogP contribution in [0.15, 0.2) is 18.5 Å². The first kappa shape index (κ1) is 16.9. The molecular formula is C19H27N3O2. The van der Waals surface area contributed by atoms with Gasteiger partial charge >= 0.3 is 0 Å². The molecule has 2 saturated carbocycles. The molecule has 130 valence electrons. The minimum absolute atomic E-state index is 0.120. The van der Waals surface area contributed by atoms with E-state index in [2.05, 4.69) is 15.6 Å². The number of aromatic nitrogens is 1. The van der Waals surface area contributed by atoms with Gasteiger partial charge < -0.3 is 10.6 Å². The van der Waals surface area contributed by atoms with Crippen molar-refractivity contribution in [3.8, 4) is 0 Å². The first-order valence-corrected chi connectivity index (χ1v) is 9.29. The van der Waals surface area contributed by atoms with Gasteiger partial charge in [0.25, 0.3) is 11.8 Å². The SMILES string of the molecule is O=C(NC1CCCCCC1)c1cncc(C(=O)NC2CCCC2)c1. The van der Waals surface area contributed by atoms with Crippen molar-refractivity contribution in [2.24, 2.45) is 0 Å². The van der Waals surface area contributed by atoms with Crippen molar-refractivity contribution in [1.29, 1.82) is 0 Å². The molecule has 0 unspecified atom stereocenters. The molecule has 5 nitrogen and oxygen atoms in total. The first-order chi connectivity index (χ1) is 11.7. The third kappa shape index (κ3) is 4.56. The highest BCUT2D eigenvalue weighted by Gasteiger charge is 2.20. The van der Waals surface area contributed by atoms with Gasteiger partial charge in [-0.05, 0) is 31.7 Å². The number of nitrogens with zero attached hydrogens (tertiary/aromatic N) is 1. The van der Waals surface area contributed by atoms with Crippen molar-refractivity contribution in [2.45, 2.75) is 76.3 Å². The molecule has 1 aromatic rings. The second kappa shape index (κ2) is 8.27. The molecule has 0 radical (unpaired) electrons. The van der Waals surface area contributed by atoms with Crippen molar-refractivity contribution >= 4 is 11.8 Å². The molecule has 24 heavy (non-hydrogen) atoms. The van der Waals surface area contributed by atoms with Gasteiger partial charge in [0.05, 0.1) is 11.1 Å². The van der Waals surface area contributed by atoms with Gasteiger partial charge in [0, 0.05) is 24.5 Å². The van der Waals surface area contributed by atoms with E-state index < -0.39 is 0 Å². The molecular weight excluding hydrogens is 302 g/mol. The summed E-state index contributed by atoms with van der Waals surface area (Å²) in [4.78, 5) is 28.9. The van der Waals surface area contributed by atoms with E-state index in [1.54, 1.807) is 12.3 Å². The minimum Gasteiger partial charge on any atom is -0.349 e. The third-order valence-electron chi connectivity index (χ3n) is 5.14. The van der Waals surface area contributed by atoms with Crippen LogP contribution in [0.4, 0.5) is 0 Å². The molecule has 5 heteroatoms. The van der Waals surface area contributed by atoms with Crippen LogP contribution in [0.3, 0.4) is 0 Å². The lowest BCUT2D eigenvalue weighted by molar-refractivity contribution is 0.0933. The highest BCUT2D eigenvalue weighted by molar-refractivity contribution is 5.99. The zero-order valence-electron chi connectivity index (χ0n) is 14.2. The minimum atomic E-state index is -0.126. The normalized spacial score (nSPS) is 19.7. The third-order valence-corrected chi connectivity index (χ3v) is 5.14. The molecule has 0 aromatic carbocycles. The Morgan fingerprint density at radius 3 is 1.62 bits per heavy atom. The number of carbonyl (C=O) groups is 2. The predicted molar refractivity (Wildman–Crippen MR) is 92.9 cm³/mol. The summed E-state index contributed by atoms with van der Waals surface area (Å²) in [6, 6.07) is 2.17. The lowest BCUT2D eigenvalue weighted by atomic mass is 10.1. The van der Waals surface area contributed by atoms with Crippen molar-refractivity contribution in [3.05, 3.63) is 29.6 Å². The Labute approximate surface area is 143 Å². The average molecular weight is 329 g/mol. The van der Waals surface area contributed by atoms with Gasteiger partial charge in [0.15, 0.2) is 0 Å². The number of hydrogen-bond acceptors (Lipinski definition) is 3. The molecule has 0 bridgehead atoms. The van der Waals surface area contributed by atoms with Gasteiger partial charge in [-0.2, -0.15) is 0 Å². The van der Waals surface area contributed by atoms with E-state index in [9.17, 15) is 9.59 Å². The van der Waals surface area contributed by atoms with Gasteiger partial charge in [0.2, 0.25) is 0 Å². The van der Waals surface area contributed by atoms with E-state index >= 15 is 0 Å². The monoisotopic (exact) mass is 329 g/mol. The van der Waals surface area contributed by atoms with Gasteiger partial charge in [0.1, 0.15) is 0 Å². The summed E-state index contributed by atoms with van der Waals surface area (Å²) in [5.41, 5.74) is 0.939. The zero-order chi connectivity index (χ0) is 16.8. The van der Waals surface area contributed by atoms with Crippen molar-refractivity contribution < 1.29 is 9.59 Å². The van der Waals surface area contributed by atoms with Crippen LogP contribution in [0.5, 0.6) is 0 Å². The average Bonchev–Trinajstić information content (AvgIpc) is 2.97. The summed E-state index contributed by atoms with van der Waals surface area (Å²) in [6.07, 6.45) is 14.4. The van der Waals surface area contributed by atoms with Gasteiger partial charge in [-0.15, -0.1) is 0 Å². The van der Waals surface area contributed by atoms with Crippen molar-refractivity contribution in [2.75, 3.05) is 0 Å². The Kier molecular flexibility index (Phi) is 5.83. The molecule has 2 fully saturated rings. The molecule has 1 aromatic heterocycles. The fourth-order valence-corrected chi connectivity index (χ4v) is 3.72. The van der Waals surface area contributed by atoms with Gasteiger partial charge in [-0.1, -0.05) is 38.5 Å². The molecule has 2 N–H and O–H groups in total. The summed E-state index contributed by atoms with van der Waals surface area (Å²) in [5.74, 6) is -0.247. The van der Waals surface area contributed by atoms with Gasteiger partial charge in [-0.3, -0.25) is 14.6 Å². The molecule has 0 atom stereocenters. The Morgan fingerprint density at radius 1 is 0.750 bits per heavy atom. The standard InChI is InChI=1S/C19H27N3O2/c23-18(21-16-7-3-1-2-4-8-16)14-11-15(13-20-12-14)19(24)22-17-9-5-6-10-17/h11-13,16-17H,1-10H2,(H,21,23)(H,22,24). The van der Waals surface area contributed by atoms with Crippen LogP contribution in [0.2, 0.25) is 0 Å². The molecule has 2 aliphatic carbocycles. The maximum Gasteiger partial charge on any atom is 0.253 e. The number of pyridine rings is 1. The lowest BCUT2D eigenvalue weighted by Crippen LogP contribution is -2.35. The lowest BCUT2D eigenvalue weighted by Gasteiger charge is -2.16. The van der Waals surface area contributed by atoms with E-state index in [0.717, 1.165) is 25.7 Å². The summed E-state index contributed by atoms with van der Waals surface area (Å²) in [7, 11) is 0. The molecule has 2 aliphatic rings. The van der Waals surface area contributed by atoms with E-state index in [-0.39, 0.29) is 23.9 Å². The van der Waals surface area contributed by atoms with Crippen molar-refractivity contribution in [3.63, 3.8) is 0 Å². The fraction of sp³-hybridized carbons (Fsp3) is 0.632. The molecule has 0 saturated heterocycles. The summed E-state index contributed by atoms with van der Waals surface area (Å²) in [6.45, 7) is 0. The Hall–Kier alpha value is -1.91. The van der Waals surface area contributed by atoms with Crippen LogP contribution >= 0.6 is 0 Å². The predicted octanol–water partition coefficient (Wildman–Crippen LogP) is 3.21. The fourth-order valence-electron chi connectivity index (χ4n) is 3.72. The number of carbonyl (C=O) groups excluding carboxylic acids is 2. The van der Waals surface area contributed by atoms with E-state index in [0.29, 0.717) is 11.1 Å².